The molecule has 2 aromatic rings. The van der Waals surface area contributed by atoms with E-state index in [1.807, 2.05) is 45.2 Å². The highest BCUT2D eigenvalue weighted by atomic mass is 32.2. The molecule has 182 valence electrons. The summed E-state index contributed by atoms with van der Waals surface area (Å²) >= 11 is 1.52. The molecule has 2 N–H and O–H groups in total. The summed E-state index contributed by atoms with van der Waals surface area (Å²) < 4.78 is 2.20. The zero-order valence-electron chi connectivity index (χ0n) is 20.6. The van der Waals surface area contributed by atoms with Gasteiger partial charge in [-0.05, 0) is 83.8 Å². The molecule has 1 saturated carbocycles. The molecule has 2 atom stereocenters. The first-order chi connectivity index (χ1) is 16.2. The summed E-state index contributed by atoms with van der Waals surface area (Å²) in [6.07, 6.45) is 7.19. The maximum absolute atomic E-state index is 13.5. The van der Waals surface area contributed by atoms with Gasteiger partial charge in [0.15, 0.2) is 0 Å². The van der Waals surface area contributed by atoms with Crippen molar-refractivity contribution >= 4 is 40.3 Å². The van der Waals surface area contributed by atoms with Gasteiger partial charge < -0.3 is 15.0 Å². The lowest BCUT2D eigenvalue weighted by molar-refractivity contribution is -0.120. The molecule has 1 fully saturated rings. The van der Waals surface area contributed by atoms with E-state index in [1.54, 1.807) is 0 Å². The van der Waals surface area contributed by atoms with Crippen LogP contribution in [0.2, 0.25) is 0 Å². The number of dihydropyridines is 1. The Morgan fingerprint density at radius 3 is 2.62 bits per heavy atom. The van der Waals surface area contributed by atoms with Gasteiger partial charge >= 0.3 is 0 Å². The summed E-state index contributed by atoms with van der Waals surface area (Å²) in [6.45, 7) is 8.15. The molecule has 4 rings (SSSR count). The van der Waals surface area contributed by atoms with E-state index in [4.69, 9.17) is 4.98 Å². The van der Waals surface area contributed by atoms with Gasteiger partial charge in [0.1, 0.15) is 5.65 Å². The van der Waals surface area contributed by atoms with E-state index < -0.39 is 5.92 Å². The van der Waals surface area contributed by atoms with E-state index in [-0.39, 0.29) is 30.5 Å². The van der Waals surface area contributed by atoms with E-state index in [1.165, 1.54) is 11.8 Å². The van der Waals surface area contributed by atoms with Crippen LogP contribution in [0, 0.1) is 25.7 Å². The summed E-state index contributed by atoms with van der Waals surface area (Å²) in [5, 5.41) is 13.8. The maximum atomic E-state index is 13.5. The number of nitrogens with one attached hydrogen (secondary N) is 1. The quantitative estimate of drug-likeness (QED) is 0.638. The molecule has 1 aliphatic heterocycles. The smallest absolute Gasteiger partial charge is 0.255 e. The number of carbonyl (C=O) groups is 2. The van der Waals surface area contributed by atoms with Crippen molar-refractivity contribution in [1.29, 1.82) is 0 Å². The number of amides is 2. The number of aromatic nitrogens is 2. The number of aliphatic hydroxyl groups is 1. The molecule has 2 aliphatic rings. The number of pyridine rings is 1. The van der Waals surface area contributed by atoms with Crippen LogP contribution in [0.1, 0.15) is 67.3 Å². The number of carbonyl (C=O) groups excluding carboxylic acids is 2. The summed E-state index contributed by atoms with van der Waals surface area (Å²) in [5.41, 5.74) is 3.92. The molecule has 34 heavy (non-hydrogen) atoms. The zero-order valence-corrected chi connectivity index (χ0v) is 21.4. The lowest BCUT2D eigenvalue weighted by atomic mass is 9.83. The Morgan fingerprint density at radius 2 is 1.94 bits per heavy atom. The van der Waals surface area contributed by atoms with Crippen LogP contribution < -0.4 is 5.32 Å². The Hall–Kier alpha value is -2.45. The molecular formula is C26H34N4O3S. The molecule has 0 radical (unpaired) electrons. The van der Waals surface area contributed by atoms with Gasteiger partial charge in [-0.3, -0.25) is 9.59 Å². The van der Waals surface area contributed by atoms with E-state index in [0.717, 1.165) is 53.0 Å². The third-order valence-corrected chi connectivity index (χ3v) is 8.15. The molecule has 2 aromatic heterocycles. The van der Waals surface area contributed by atoms with E-state index >= 15 is 0 Å². The van der Waals surface area contributed by atoms with Crippen LogP contribution in [0.5, 0.6) is 0 Å². The number of hydrogen-bond donors (Lipinski definition) is 2. The largest absolute Gasteiger partial charge is 0.393 e. The van der Waals surface area contributed by atoms with Crippen LogP contribution >= 0.6 is 11.8 Å². The van der Waals surface area contributed by atoms with Crippen LogP contribution in [-0.2, 0) is 4.79 Å². The Bertz CT molecular complexity index is 1170. The van der Waals surface area contributed by atoms with Gasteiger partial charge in [-0.1, -0.05) is 0 Å². The molecule has 3 heterocycles. The van der Waals surface area contributed by atoms with Crippen molar-refractivity contribution in [3.05, 3.63) is 40.1 Å². The van der Waals surface area contributed by atoms with Crippen LogP contribution in [-0.4, -0.2) is 51.1 Å². The summed E-state index contributed by atoms with van der Waals surface area (Å²) in [7, 11) is 0. The molecule has 0 aromatic carbocycles. The number of nitrogens with zero attached hydrogens (tertiary/aromatic N) is 3. The number of aryl methyl sites for hydroxylation is 1. The van der Waals surface area contributed by atoms with Gasteiger partial charge in [-0.2, -0.15) is 0 Å². The Morgan fingerprint density at radius 1 is 1.24 bits per heavy atom. The Balaban J connectivity index is 1.64. The highest BCUT2D eigenvalue weighted by Crippen LogP contribution is 2.37. The number of aliphatic imine (C=N–C) groups is 1. The third-order valence-electron chi connectivity index (χ3n) is 7.27. The van der Waals surface area contributed by atoms with Gasteiger partial charge in [0.2, 0.25) is 0 Å². The number of aliphatic hydroxyl groups excluding tert-OH is 1. The molecule has 1 aliphatic carbocycles. The van der Waals surface area contributed by atoms with Gasteiger partial charge in [0.05, 0.1) is 17.6 Å². The zero-order chi connectivity index (χ0) is 24.6. The lowest BCUT2D eigenvalue weighted by Gasteiger charge is -2.32. The van der Waals surface area contributed by atoms with Crippen molar-refractivity contribution < 1.29 is 14.7 Å². The normalized spacial score (nSPS) is 24.1. The second-order valence-electron chi connectivity index (χ2n) is 9.57. The summed E-state index contributed by atoms with van der Waals surface area (Å²) in [5.74, 6) is -0.442. The van der Waals surface area contributed by atoms with Crippen LogP contribution in [0.25, 0.3) is 11.0 Å². The lowest BCUT2D eigenvalue weighted by Crippen LogP contribution is -2.35. The van der Waals surface area contributed by atoms with E-state index in [2.05, 4.69) is 21.8 Å². The molecule has 0 spiro atoms. The second-order valence-corrected chi connectivity index (χ2v) is 10.4. The van der Waals surface area contributed by atoms with Gasteiger partial charge in [-0.15, -0.1) is 11.8 Å². The average Bonchev–Trinajstić information content (AvgIpc) is 3.08. The molecule has 1 unspecified atom stereocenters. The molecule has 2 amide bonds. The van der Waals surface area contributed by atoms with Crippen molar-refractivity contribution in [1.82, 2.24) is 14.9 Å². The van der Waals surface area contributed by atoms with E-state index in [0.29, 0.717) is 17.2 Å². The first-order valence-corrected chi connectivity index (χ1v) is 13.2. The Labute approximate surface area is 205 Å². The second kappa shape index (κ2) is 10.0. The number of rotatable bonds is 6. The fraction of sp³-hybridized carbons (Fsp3) is 0.538. The molecule has 0 bridgehead atoms. The van der Waals surface area contributed by atoms with E-state index in [9.17, 15) is 14.7 Å². The number of thioether (sulfide) groups is 1. The SMILES string of the molecule is CSC1=CC(C)=NC(=O)C1CNC(=O)c1c(C)n([C@H](C)C2CCC(O)CC2)c2nc(C)ccc12. The van der Waals surface area contributed by atoms with Crippen molar-refractivity contribution in [2.75, 3.05) is 12.8 Å². The first-order valence-electron chi connectivity index (χ1n) is 12.0. The predicted molar refractivity (Wildman–Crippen MR) is 137 cm³/mol. The van der Waals surface area contributed by atoms with Gasteiger partial charge in [-0.25, -0.2) is 9.98 Å². The van der Waals surface area contributed by atoms with Crippen LogP contribution in [0.15, 0.2) is 28.1 Å². The highest BCUT2D eigenvalue weighted by molar-refractivity contribution is 8.02. The number of hydrogen-bond acceptors (Lipinski definition) is 5. The van der Waals surface area contributed by atoms with Crippen molar-refractivity contribution in [2.45, 2.75) is 65.5 Å². The predicted octanol–water partition coefficient (Wildman–Crippen LogP) is 4.36. The maximum Gasteiger partial charge on any atom is 0.255 e. The molecule has 0 saturated heterocycles. The minimum Gasteiger partial charge on any atom is -0.393 e. The topological polar surface area (TPSA) is 96.6 Å². The Kier molecular flexibility index (Phi) is 7.28. The summed E-state index contributed by atoms with van der Waals surface area (Å²) in [6, 6.07) is 4.07. The van der Waals surface area contributed by atoms with Crippen LogP contribution in [0.3, 0.4) is 0 Å². The van der Waals surface area contributed by atoms with Crippen molar-refractivity contribution in [3.8, 4) is 0 Å². The first kappa shape index (κ1) is 24.7. The fourth-order valence-electron chi connectivity index (χ4n) is 5.36. The van der Waals surface area contributed by atoms with Gasteiger partial charge in [0, 0.05) is 40.0 Å². The van der Waals surface area contributed by atoms with Crippen LogP contribution in [0.4, 0.5) is 0 Å². The third kappa shape index (κ3) is 4.70. The van der Waals surface area contributed by atoms with Gasteiger partial charge in [0.25, 0.3) is 11.8 Å². The number of fused-ring (bicyclic) bond motifs is 1. The molecule has 7 nitrogen and oxygen atoms in total. The fourth-order valence-corrected chi connectivity index (χ4v) is 6.12. The van der Waals surface area contributed by atoms with Crippen molar-refractivity contribution in [2.24, 2.45) is 16.8 Å². The average molecular weight is 483 g/mol. The summed E-state index contributed by atoms with van der Waals surface area (Å²) in [4.78, 5) is 35.8. The number of allylic oxidation sites excluding steroid dienone is 1. The molecule has 8 heteroatoms. The standard InChI is InChI=1S/C26H34N4O3S/c1-14-6-11-20-23(26(33)27-13-21-22(34-5)12-15(2)29-25(21)32)17(4)30(24(20)28-14)16(3)18-7-9-19(31)10-8-18/h6,11-12,16,18-19,21,31H,7-10,13H2,1-5H3,(H,27,33)/t16-,18?,19?,21?/m1/s1. The minimum absolute atomic E-state index is 0.161. The minimum atomic E-state index is -0.454. The van der Waals surface area contributed by atoms with Crippen molar-refractivity contribution in [3.63, 3.8) is 0 Å². The molecular weight excluding hydrogens is 448 g/mol. The highest BCUT2D eigenvalue weighted by Gasteiger charge is 2.31. The monoisotopic (exact) mass is 482 g/mol.